The number of aromatic nitrogens is 2. The van der Waals surface area contributed by atoms with Gasteiger partial charge in [-0.1, -0.05) is 11.8 Å². The maximum Gasteiger partial charge on any atom is 0.236 e. The highest BCUT2D eigenvalue weighted by Gasteiger charge is 2.36. The molecule has 0 aromatic carbocycles. The standard InChI is InChI=1S/C15H23N3O3S2/c1-3-17(13-6-9-23(20,21)10-13)14(19)11(2)22-15-16-7-8-18(15)12-4-5-12/h7-8,11-13H,3-6,9-10H2,1-2H3. The Morgan fingerprint density at radius 1 is 1.48 bits per heavy atom. The zero-order valence-electron chi connectivity index (χ0n) is 13.5. The third kappa shape index (κ3) is 3.74. The minimum Gasteiger partial charge on any atom is -0.338 e. The Bertz CT molecular complexity index is 682. The Kier molecular flexibility index (Phi) is 4.73. The number of sulfone groups is 1. The smallest absolute Gasteiger partial charge is 0.236 e. The van der Waals surface area contributed by atoms with Crippen molar-refractivity contribution in [3.05, 3.63) is 12.4 Å². The number of thioether (sulfide) groups is 1. The maximum absolute atomic E-state index is 12.8. The molecule has 128 valence electrons. The van der Waals surface area contributed by atoms with Gasteiger partial charge >= 0.3 is 0 Å². The van der Waals surface area contributed by atoms with E-state index in [1.807, 2.05) is 20.0 Å². The fourth-order valence-corrected chi connectivity index (χ4v) is 5.81. The first-order chi connectivity index (χ1) is 10.9. The molecule has 2 unspecified atom stereocenters. The van der Waals surface area contributed by atoms with E-state index in [9.17, 15) is 13.2 Å². The van der Waals surface area contributed by atoms with Crippen LogP contribution in [0.5, 0.6) is 0 Å². The molecule has 2 aliphatic rings. The molecule has 1 saturated heterocycles. The molecule has 2 heterocycles. The summed E-state index contributed by atoms with van der Waals surface area (Å²) in [7, 11) is -2.99. The summed E-state index contributed by atoms with van der Waals surface area (Å²) in [6.45, 7) is 4.33. The normalized spacial score (nSPS) is 24.5. The van der Waals surface area contributed by atoms with Crippen LogP contribution in [0.3, 0.4) is 0 Å². The van der Waals surface area contributed by atoms with Crippen molar-refractivity contribution in [3.8, 4) is 0 Å². The zero-order chi connectivity index (χ0) is 16.6. The van der Waals surface area contributed by atoms with E-state index in [1.54, 1.807) is 11.1 Å². The fraction of sp³-hybridized carbons (Fsp3) is 0.733. The third-order valence-corrected chi connectivity index (χ3v) is 7.31. The van der Waals surface area contributed by atoms with Gasteiger partial charge in [-0.15, -0.1) is 0 Å². The molecule has 1 saturated carbocycles. The van der Waals surface area contributed by atoms with Crippen LogP contribution < -0.4 is 0 Å². The van der Waals surface area contributed by atoms with E-state index in [0.717, 1.165) is 5.16 Å². The van der Waals surface area contributed by atoms with Crippen LogP contribution >= 0.6 is 11.8 Å². The zero-order valence-corrected chi connectivity index (χ0v) is 15.1. The van der Waals surface area contributed by atoms with Crippen LogP contribution in [0.4, 0.5) is 0 Å². The van der Waals surface area contributed by atoms with E-state index < -0.39 is 9.84 Å². The number of rotatable bonds is 6. The number of imidazole rings is 1. The predicted octanol–water partition coefficient (Wildman–Crippen LogP) is 1.73. The van der Waals surface area contributed by atoms with Gasteiger partial charge in [0.05, 0.1) is 16.8 Å². The Balaban J connectivity index is 1.66. The van der Waals surface area contributed by atoms with Gasteiger partial charge in [0.25, 0.3) is 0 Å². The molecule has 2 atom stereocenters. The van der Waals surface area contributed by atoms with Crippen molar-refractivity contribution in [2.24, 2.45) is 0 Å². The molecule has 23 heavy (non-hydrogen) atoms. The van der Waals surface area contributed by atoms with Gasteiger partial charge < -0.3 is 9.47 Å². The summed E-state index contributed by atoms with van der Waals surface area (Å²) < 4.78 is 25.5. The Morgan fingerprint density at radius 3 is 2.78 bits per heavy atom. The molecule has 1 aliphatic carbocycles. The molecule has 6 nitrogen and oxygen atoms in total. The number of nitrogens with zero attached hydrogens (tertiary/aromatic N) is 3. The Morgan fingerprint density at radius 2 is 2.22 bits per heavy atom. The van der Waals surface area contributed by atoms with E-state index in [1.165, 1.54) is 24.6 Å². The highest BCUT2D eigenvalue weighted by molar-refractivity contribution is 8.00. The van der Waals surface area contributed by atoms with Gasteiger partial charge in [-0.2, -0.15) is 0 Å². The van der Waals surface area contributed by atoms with Crippen LogP contribution in [-0.4, -0.2) is 58.1 Å². The third-order valence-electron chi connectivity index (χ3n) is 4.48. The van der Waals surface area contributed by atoms with Crippen LogP contribution in [-0.2, 0) is 14.6 Å². The molecule has 0 bridgehead atoms. The van der Waals surface area contributed by atoms with Gasteiger partial charge in [0.2, 0.25) is 5.91 Å². The average Bonchev–Trinajstić information content (AvgIpc) is 3.14. The molecule has 0 spiro atoms. The summed E-state index contributed by atoms with van der Waals surface area (Å²) in [4.78, 5) is 18.9. The molecule has 1 aromatic rings. The summed E-state index contributed by atoms with van der Waals surface area (Å²) in [5.74, 6) is 0.292. The number of hydrogen-bond donors (Lipinski definition) is 0. The molecule has 1 aliphatic heterocycles. The largest absolute Gasteiger partial charge is 0.338 e. The van der Waals surface area contributed by atoms with Crippen molar-refractivity contribution in [2.75, 3.05) is 18.1 Å². The first kappa shape index (κ1) is 16.8. The SMILES string of the molecule is CCN(C(=O)C(C)Sc1nccn1C1CC1)C1CCS(=O)(=O)C1. The second-order valence-corrected chi connectivity index (χ2v) is 9.83. The molecular formula is C15H23N3O3S2. The molecule has 1 aromatic heterocycles. The van der Waals surface area contributed by atoms with Gasteiger partial charge in [-0.3, -0.25) is 4.79 Å². The van der Waals surface area contributed by atoms with Crippen molar-refractivity contribution in [2.45, 2.75) is 55.6 Å². The van der Waals surface area contributed by atoms with E-state index >= 15 is 0 Å². The summed E-state index contributed by atoms with van der Waals surface area (Å²) >= 11 is 1.47. The van der Waals surface area contributed by atoms with Crippen LogP contribution in [0.2, 0.25) is 0 Å². The van der Waals surface area contributed by atoms with Gasteiger partial charge in [0.15, 0.2) is 15.0 Å². The van der Waals surface area contributed by atoms with Crippen molar-refractivity contribution in [1.29, 1.82) is 0 Å². The van der Waals surface area contributed by atoms with Crippen LogP contribution in [0, 0.1) is 0 Å². The highest BCUT2D eigenvalue weighted by Crippen LogP contribution is 2.38. The second-order valence-electron chi connectivity index (χ2n) is 6.29. The minimum atomic E-state index is -2.99. The summed E-state index contributed by atoms with van der Waals surface area (Å²) in [6, 6.07) is 0.355. The summed E-state index contributed by atoms with van der Waals surface area (Å²) in [6.07, 6.45) is 6.65. The lowest BCUT2D eigenvalue weighted by atomic mass is 10.2. The average molecular weight is 358 g/mol. The number of carbonyl (C=O) groups is 1. The van der Waals surface area contributed by atoms with Crippen LogP contribution in [0.15, 0.2) is 17.6 Å². The molecule has 3 rings (SSSR count). The lowest BCUT2D eigenvalue weighted by Crippen LogP contribution is -2.44. The van der Waals surface area contributed by atoms with Gasteiger partial charge in [-0.25, -0.2) is 13.4 Å². The van der Waals surface area contributed by atoms with E-state index in [2.05, 4.69) is 9.55 Å². The first-order valence-electron chi connectivity index (χ1n) is 8.11. The topological polar surface area (TPSA) is 72.3 Å². The molecule has 8 heteroatoms. The lowest BCUT2D eigenvalue weighted by Gasteiger charge is -2.29. The van der Waals surface area contributed by atoms with E-state index in [-0.39, 0.29) is 28.7 Å². The van der Waals surface area contributed by atoms with Gasteiger partial charge in [-0.05, 0) is 33.1 Å². The summed E-state index contributed by atoms with van der Waals surface area (Å²) in [5, 5.41) is 0.613. The highest BCUT2D eigenvalue weighted by atomic mass is 32.2. The minimum absolute atomic E-state index is 0.00458. The molecule has 0 radical (unpaired) electrons. The Labute approximate surface area is 141 Å². The van der Waals surface area contributed by atoms with Crippen molar-refractivity contribution in [1.82, 2.24) is 14.5 Å². The molecule has 2 fully saturated rings. The quantitative estimate of drug-likeness (QED) is 0.725. The van der Waals surface area contributed by atoms with Gasteiger partial charge in [0, 0.05) is 31.0 Å². The molecular weight excluding hydrogens is 334 g/mol. The number of amides is 1. The van der Waals surface area contributed by atoms with Crippen LogP contribution in [0.1, 0.15) is 39.2 Å². The molecule has 0 N–H and O–H groups in total. The number of carbonyl (C=O) groups excluding carboxylic acids is 1. The van der Waals surface area contributed by atoms with Crippen molar-refractivity contribution >= 4 is 27.5 Å². The van der Waals surface area contributed by atoms with Crippen molar-refractivity contribution in [3.63, 3.8) is 0 Å². The summed E-state index contributed by atoms with van der Waals surface area (Å²) in [5.41, 5.74) is 0. The monoisotopic (exact) mass is 357 g/mol. The Hall–Kier alpha value is -1.02. The maximum atomic E-state index is 12.8. The van der Waals surface area contributed by atoms with Crippen molar-refractivity contribution < 1.29 is 13.2 Å². The number of hydrogen-bond acceptors (Lipinski definition) is 5. The first-order valence-corrected chi connectivity index (χ1v) is 10.8. The van der Waals surface area contributed by atoms with E-state index in [0.29, 0.717) is 19.0 Å². The van der Waals surface area contributed by atoms with Gasteiger partial charge in [0.1, 0.15) is 0 Å². The van der Waals surface area contributed by atoms with E-state index in [4.69, 9.17) is 0 Å². The fourth-order valence-electron chi connectivity index (χ4n) is 3.08. The predicted molar refractivity (Wildman–Crippen MR) is 90.3 cm³/mol. The van der Waals surface area contributed by atoms with Crippen LogP contribution in [0.25, 0.3) is 0 Å². The second kappa shape index (κ2) is 6.47. The molecule has 1 amide bonds. The lowest BCUT2D eigenvalue weighted by molar-refractivity contribution is -0.131.